The topological polar surface area (TPSA) is 90.5 Å². The maximum atomic E-state index is 12.6. The number of aryl methyl sites for hydroxylation is 1. The number of carboxylic acid groups (broad SMARTS) is 1. The van der Waals surface area contributed by atoms with E-state index in [0.29, 0.717) is 23.4 Å². The first kappa shape index (κ1) is 17.9. The summed E-state index contributed by atoms with van der Waals surface area (Å²) in [4.78, 5) is 39.7. The van der Waals surface area contributed by atoms with Crippen LogP contribution in [-0.4, -0.2) is 46.2 Å². The fourth-order valence-electron chi connectivity index (χ4n) is 2.60. The van der Waals surface area contributed by atoms with Crippen molar-refractivity contribution in [1.29, 1.82) is 0 Å². The molecule has 1 aromatic heterocycles. The SMILES string of the molecule is CCCc1c(C(=O)N(C)CC(C)C(=O)O)[nH]c(C)c1C(C)=O. The Morgan fingerprint density at radius 2 is 1.91 bits per heavy atom. The zero-order chi connectivity index (χ0) is 17.0. The third-order valence-corrected chi connectivity index (χ3v) is 3.67. The van der Waals surface area contributed by atoms with Crippen molar-refractivity contribution in [3.8, 4) is 0 Å². The monoisotopic (exact) mass is 308 g/mol. The van der Waals surface area contributed by atoms with Crippen LogP contribution in [0.2, 0.25) is 0 Å². The molecule has 2 N–H and O–H groups in total. The Labute approximate surface area is 130 Å². The molecule has 1 atom stereocenters. The van der Waals surface area contributed by atoms with E-state index in [1.165, 1.54) is 11.8 Å². The number of aliphatic carboxylic acids is 1. The van der Waals surface area contributed by atoms with Gasteiger partial charge in [-0.3, -0.25) is 14.4 Å². The number of nitrogens with zero attached hydrogens (tertiary/aromatic N) is 1. The number of Topliss-reactive ketones (excluding diaryl/α,β-unsaturated/α-hetero) is 1. The Kier molecular flexibility index (Phi) is 5.91. The molecule has 122 valence electrons. The van der Waals surface area contributed by atoms with Gasteiger partial charge in [0.25, 0.3) is 5.91 Å². The summed E-state index contributed by atoms with van der Waals surface area (Å²) >= 11 is 0. The second kappa shape index (κ2) is 7.24. The Bertz CT molecular complexity index is 589. The van der Waals surface area contributed by atoms with E-state index in [1.54, 1.807) is 20.9 Å². The van der Waals surface area contributed by atoms with Crippen LogP contribution in [0.1, 0.15) is 59.3 Å². The van der Waals surface area contributed by atoms with Gasteiger partial charge in [0.15, 0.2) is 5.78 Å². The van der Waals surface area contributed by atoms with Gasteiger partial charge in [0.05, 0.1) is 5.92 Å². The molecule has 0 aromatic carbocycles. The first-order valence-corrected chi connectivity index (χ1v) is 7.41. The summed E-state index contributed by atoms with van der Waals surface area (Å²) in [7, 11) is 1.57. The summed E-state index contributed by atoms with van der Waals surface area (Å²) in [6.07, 6.45) is 1.44. The fraction of sp³-hybridized carbons (Fsp3) is 0.562. The molecule has 1 heterocycles. The van der Waals surface area contributed by atoms with Crippen molar-refractivity contribution in [3.05, 3.63) is 22.5 Å². The second-order valence-electron chi connectivity index (χ2n) is 5.71. The lowest BCUT2D eigenvalue weighted by molar-refractivity contribution is -0.141. The number of aromatic nitrogens is 1. The quantitative estimate of drug-likeness (QED) is 0.756. The zero-order valence-electron chi connectivity index (χ0n) is 13.8. The molecule has 1 unspecified atom stereocenters. The number of ketones is 1. The number of hydrogen-bond acceptors (Lipinski definition) is 3. The number of nitrogens with one attached hydrogen (secondary N) is 1. The molecule has 1 aromatic rings. The number of amides is 1. The van der Waals surface area contributed by atoms with Gasteiger partial charge in [0.1, 0.15) is 5.69 Å². The van der Waals surface area contributed by atoms with Gasteiger partial charge in [-0.05, 0) is 25.8 Å². The highest BCUT2D eigenvalue weighted by Gasteiger charge is 2.25. The minimum atomic E-state index is -0.944. The van der Waals surface area contributed by atoms with Crippen molar-refractivity contribution in [2.75, 3.05) is 13.6 Å². The minimum Gasteiger partial charge on any atom is -0.481 e. The Morgan fingerprint density at radius 1 is 1.32 bits per heavy atom. The van der Waals surface area contributed by atoms with Crippen LogP contribution in [0.15, 0.2) is 0 Å². The van der Waals surface area contributed by atoms with Gasteiger partial charge in [0, 0.05) is 24.8 Å². The predicted octanol–water partition coefficient (Wildman–Crippen LogP) is 2.27. The molecule has 1 rings (SSSR count). The van der Waals surface area contributed by atoms with Crippen molar-refractivity contribution < 1.29 is 19.5 Å². The lowest BCUT2D eigenvalue weighted by atomic mass is 10.0. The van der Waals surface area contributed by atoms with Gasteiger partial charge in [-0.25, -0.2) is 0 Å². The molecule has 0 bridgehead atoms. The van der Waals surface area contributed by atoms with Crippen LogP contribution in [0, 0.1) is 12.8 Å². The first-order valence-electron chi connectivity index (χ1n) is 7.41. The first-order chi connectivity index (χ1) is 10.2. The standard InChI is InChI=1S/C16H24N2O4/c1-6-7-12-13(11(4)19)10(3)17-14(12)15(20)18(5)8-9(2)16(21)22/h9,17H,6-8H2,1-5H3,(H,21,22). The number of carbonyl (C=O) groups is 3. The summed E-state index contributed by atoms with van der Waals surface area (Å²) in [5, 5.41) is 8.95. The Balaban J connectivity index is 3.14. The van der Waals surface area contributed by atoms with Crippen LogP contribution < -0.4 is 0 Å². The lowest BCUT2D eigenvalue weighted by Crippen LogP contribution is -2.34. The number of H-pyrrole nitrogens is 1. The molecule has 0 fully saturated rings. The highest BCUT2D eigenvalue weighted by Crippen LogP contribution is 2.22. The summed E-state index contributed by atoms with van der Waals surface area (Å²) < 4.78 is 0. The highest BCUT2D eigenvalue weighted by atomic mass is 16.4. The molecule has 0 aliphatic carbocycles. The van der Waals surface area contributed by atoms with E-state index < -0.39 is 11.9 Å². The lowest BCUT2D eigenvalue weighted by Gasteiger charge is -2.19. The van der Waals surface area contributed by atoms with E-state index in [2.05, 4.69) is 4.98 Å². The third kappa shape index (κ3) is 3.75. The summed E-state index contributed by atoms with van der Waals surface area (Å²) in [5.41, 5.74) is 2.38. The predicted molar refractivity (Wildman–Crippen MR) is 83.3 cm³/mol. The van der Waals surface area contributed by atoms with Gasteiger partial charge in [-0.15, -0.1) is 0 Å². The number of carbonyl (C=O) groups excluding carboxylic acids is 2. The summed E-state index contributed by atoms with van der Waals surface area (Å²) in [6.45, 7) is 6.91. The second-order valence-corrected chi connectivity index (χ2v) is 5.71. The van der Waals surface area contributed by atoms with E-state index in [1.807, 2.05) is 6.92 Å². The Hall–Kier alpha value is -2.11. The molecule has 6 nitrogen and oxygen atoms in total. The molecule has 0 aliphatic rings. The van der Waals surface area contributed by atoms with Crippen molar-refractivity contribution in [2.45, 2.75) is 40.5 Å². The molecule has 0 aliphatic heterocycles. The molecule has 0 saturated carbocycles. The van der Waals surface area contributed by atoms with E-state index >= 15 is 0 Å². The molecule has 6 heteroatoms. The normalized spacial score (nSPS) is 12.0. The number of rotatable bonds is 7. The number of hydrogen-bond donors (Lipinski definition) is 2. The highest BCUT2D eigenvalue weighted by molar-refractivity contribution is 6.02. The van der Waals surface area contributed by atoms with Crippen LogP contribution in [0.4, 0.5) is 0 Å². The molecule has 22 heavy (non-hydrogen) atoms. The van der Waals surface area contributed by atoms with Gasteiger partial charge in [-0.1, -0.05) is 20.3 Å². The fourth-order valence-corrected chi connectivity index (χ4v) is 2.60. The van der Waals surface area contributed by atoms with Crippen molar-refractivity contribution in [3.63, 3.8) is 0 Å². The van der Waals surface area contributed by atoms with E-state index in [4.69, 9.17) is 5.11 Å². The van der Waals surface area contributed by atoms with Crippen molar-refractivity contribution in [2.24, 2.45) is 5.92 Å². The number of aromatic amines is 1. The van der Waals surface area contributed by atoms with E-state index in [-0.39, 0.29) is 18.2 Å². The van der Waals surface area contributed by atoms with Gasteiger partial charge in [0.2, 0.25) is 0 Å². The third-order valence-electron chi connectivity index (χ3n) is 3.67. The largest absolute Gasteiger partial charge is 0.481 e. The average molecular weight is 308 g/mol. The average Bonchev–Trinajstić information content (AvgIpc) is 2.74. The summed E-state index contributed by atoms with van der Waals surface area (Å²) in [6, 6.07) is 0. The zero-order valence-corrected chi connectivity index (χ0v) is 13.8. The molecule has 0 radical (unpaired) electrons. The van der Waals surface area contributed by atoms with E-state index in [0.717, 1.165) is 12.0 Å². The summed E-state index contributed by atoms with van der Waals surface area (Å²) in [5.74, 6) is -1.95. The van der Waals surface area contributed by atoms with E-state index in [9.17, 15) is 14.4 Å². The van der Waals surface area contributed by atoms with Gasteiger partial charge in [-0.2, -0.15) is 0 Å². The van der Waals surface area contributed by atoms with Crippen LogP contribution >= 0.6 is 0 Å². The van der Waals surface area contributed by atoms with Crippen LogP contribution in [-0.2, 0) is 11.2 Å². The maximum Gasteiger partial charge on any atom is 0.308 e. The van der Waals surface area contributed by atoms with Crippen LogP contribution in [0.3, 0.4) is 0 Å². The smallest absolute Gasteiger partial charge is 0.308 e. The Morgan fingerprint density at radius 3 is 2.36 bits per heavy atom. The van der Waals surface area contributed by atoms with Crippen LogP contribution in [0.5, 0.6) is 0 Å². The van der Waals surface area contributed by atoms with Gasteiger partial charge < -0.3 is 15.0 Å². The number of carboxylic acids is 1. The van der Waals surface area contributed by atoms with Crippen molar-refractivity contribution >= 4 is 17.7 Å². The molecule has 1 amide bonds. The van der Waals surface area contributed by atoms with Crippen LogP contribution in [0.25, 0.3) is 0 Å². The maximum absolute atomic E-state index is 12.6. The minimum absolute atomic E-state index is 0.0715. The molecular weight excluding hydrogens is 284 g/mol. The van der Waals surface area contributed by atoms with Gasteiger partial charge >= 0.3 is 5.97 Å². The molecule has 0 saturated heterocycles. The van der Waals surface area contributed by atoms with Crippen molar-refractivity contribution in [1.82, 2.24) is 9.88 Å². The molecular formula is C16H24N2O4. The molecule has 0 spiro atoms.